The highest BCUT2D eigenvalue weighted by Gasteiger charge is 1.92. The van der Waals surface area contributed by atoms with Crippen molar-refractivity contribution in [1.29, 1.82) is 0 Å². The molecule has 0 aliphatic heterocycles. The van der Waals surface area contributed by atoms with Gasteiger partial charge in [-0.1, -0.05) is 15.9 Å². The van der Waals surface area contributed by atoms with E-state index in [4.69, 9.17) is 4.74 Å². The highest BCUT2D eigenvalue weighted by Crippen LogP contribution is 1.99. The molecule has 0 atom stereocenters. The Kier molecular flexibility index (Phi) is 5.30. The fraction of sp³-hybridized carbons (Fsp3) is 0.571. The Labute approximate surface area is 69.4 Å². The average Bonchev–Trinajstić information content (AvgIpc) is 1.82. The fourth-order valence-electron chi connectivity index (χ4n) is 0.526. The van der Waals surface area contributed by atoms with E-state index in [1.54, 1.807) is 6.92 Å². The van der Waals surface area contributed by atoms with Gasteiger partial charge in [-0.3, -0.25) is 4.79 Å². The number of hydrogen-bond acceptors (Lipinski definition) is 2. The molecule has 0 radical (unpaired) electrons. The number of ether oxygens (including phenoxy) is 1. The highest BCUT2D eigenvalue weighted by atomic mass is 79.9. The molecule has 0 amide bonds. The van der Waals surface area contributed by atoms with Gasteiger partial charge in [0.2, 0.25) is 0 Å². The van der Waals surface area contributed by atoms with Crippen LogP contribution >= 0.6 is 15.9 Å². The third-order valence-corrected chi connectivity index (χ3v) is 1.30. The molecule has 3 heteroatoms. The lowest BCUT2D eigenvalue weighted by Crippen LogP contribution is -1.95. The van der Waals surface area contributed by atoms with Crippen molar-refractivity contribution in [3.63, 3.8) is 0 Å². The molecule has 0 unspecified atom stereocenters. The number of alkyl halides is 1. The van der Waals surface area contributed by atoms with Gasteiger partial charge in [-0.15, -0.1) is 0 Å². The number of rotatable bonds is 3. The van der Waals surface area contributed by atoms with Crippen LogP contribution in [0, 0.1) is 0 Å². The summed E-state index contributed by atoms with van der Waals surface area (Å²) < 4.78 is 4.75. The van der Waals surface area contributed by atoms with Gasteiger partial charge in [-0.25, -0.2) is 0 Å². The summed E-state index contributed by atoms with van der Waals surface area (Å²) in [5.41, 5.74) is 0. The standard InChI is InChI=1S/C7H11BrO2/c1-6(4-3-5-8)10-7(2)9/h4H,3,5H2,1-2H3/b6-4-. The molecule has 0 aromatic carbocycles. The molecule has 0 N–H and O–H groups in total. The predicted molar refractivity (Wildman–Crippen MR) is 43.9 cm³/mol. The van der Waals surface area contributed by atoms with Crippen molar-refractivity contribution >= 4 is 21.9 Å². The van der Waals surface area contributed by atoms with Crippen LogP contribution in [-0.4, -0.2) is 11.3 Å². The molecule has 2 nitrogen and oxygen atoms in total. The quantitative estimate of drug-likeness (QED) is 0.403. The SMILES string of the molecule is CC(=O)O/C(C)=C\CCBr. The topological polar surface area (TPSA) is 26.3 Å². The number of carbonyl (C=O) groups excluding carboxylic acids is 1. The number of allylic oxidation sites excluding steroid dienone is 2. The first-order valence-electron chi connectivity index (χ1n) is 3.08. The maximum Gasteiger partial charge on any atom is 0.307 e. The van der Waals surface area contributed by atoms with E-state index in [-0.39, 0.29) is 5.97 Å². The molecule has 0 saturated carbocycles. The van der Waals surface area contributed by atoms with Crippen molar-refractivity contribution in [1.82, 2.24) is 0 Å². The largest absolute Gasteiger partial charge is 0.432 e. The Morgan fingerprint density at radius 3 is 2.60 bits per heavy atom. The van der Waals surface area contributed by atoms with Gasteiger partial charge < -0.3 is 4.74 Å². The number of carbonyl (C=O) groups is 1. The van der Waals surface area contributed by atoms with Crippen LogP contribution in [0.3, 0.4) is 0 Å². The summed E-state index contributed by atoms with van der Waals surface area (Å²) >= 11 is 3.26. The van der Waals surface area contributed by atoms with Crippen LogP contribution in [-0.2, 0) is 9.53 Å². The van der Waals surface area contributed by atoms with Gasteiger partial charge >= 0.3 is 5.97 Å². The van der Waals surface area contributed by atoms with Gasteiger partial charge in [0.05, 0.1) is 0 Å². The monoisotopic (exact) mass is 206 g/mol. The molecule has 0 aromatic rings. The fourth-order valence-corrected chi connectivity index (χ4v) is 0.755. The van der Waals surface area contributed by atoms with E-state index < -0.39 is 0 Å². The molecule has 0 bridgehead atoms. The van der Waals surface area contributed by atoms with Crippen molar-refractivity contribution in [2.45, 2.75) is 20.3 Å². The van der Waals surface area contributed by atoms with Gasteiger partial charge in [0.25, 0.3) is 0 Å². The summed E-state index contributed by atoms with van der Waals surface area (Å²) in [6.07, 6.45) is 2.76. The smallest absolute Gasteiger partial charge is 0.307 e. The Balaban J connectivity index is 3.59. The maximum absolute atomic E-state index is 10.3. The molecule has 0 spiro atoms. The molecule has 0 fully saturated rings. The Morgan fingerprint density at radius 2 is 2.20 bits per heavy atom. The van der Waals surface area contributed by atoms with E-state index in [0.29, 0.717) is 5.76 Å². The molecule has 0 aliphatic carbocycles. The van der Waals surface area contributed by atoms with E-state index in [2.05, 4.69) is 15.9 Å². The van der Waals surface area contributed by atoms with Crippen LogP contribution in [0.1, 0.15) is 20.3 Å². The average molecular weight is 207 g/mol. The molecule has 58 valence electrons. The molecule has 0 rings (SSSR count). The summed E-state index contributed by atoms with van der Waals surface area (Å²) in [6.45, 7) is 3.16. The minimum absolute atomic E-state index is 0.261. The van der Waals surface area contributed by atoms with Crippen LogP contribution in [0.2, 0.25) is 0 Å². The minimum atomic E-state index is -0.261. The van der Waals surface area contributed by atoms with Gasteiger partial charge in [-0.2, -0.15) is 0 Å². The second-order valence-electron chi connectivity index (χ2n) is 1.89. The van der Waals surface area contributed by atoms with E-state index in [0.717, 1.165) is 11.8 Å². The Hall–Kier alpha value is -0.310. The zero-order valence-electron chi connectivity index (χ0n) is 6.19. The minimum Gasteiger partial charge on any atom is -0.432 e. The first kappa shape index (κ1) is 9.69. The summed E-state index contributed by atoms with van der Waals surface area (Å²) in [7, 11) is 0. The lowest BCUT2D eigenvalue weighted by atomic mass is 10.4. The van der Waals surface area contributed by atoms with Gasteiger partial charge in [0.15, 0.2) is 0 Å². The number of halogens is 1. The van der Waals surface area contributed by atoms with Crippen molar-refractivity contribution < 1.29 is 9.53 Å². The van der Waals surface area contributed by atoms with E-state index in [9.17, 15) is 4.79 Å². The lowest BCUT2D eigenvalue weighted by molar-refractivity contribution is -0.136. The molecular weight excluding hydrogens is 196 g/mol. The van der Waals surface area contributed by atoms with E-state index in [1.807, 2.05) is 6.08 Å². The number of hydrogen-bond donors (Lipinski definition) is 0. The van der Waals surface area contributed by atoms with Crippen LogP contribution < -0.4 is 0 Å². The summed E-state index contributed by atoms with van der Waals surface area (Å²) in [4.78, 5) is 10.3. The summed E-state index contributed by atoms with van der Waals surface area (Å²) in [6, 6.07) is 0. The van der Waals surface area contributed by atoms with Gasteiger partial charge in [-0.05, 0) is 19.4 Å². The van der Waals surface area contributed by atoms with E-state index in [1.165, 1.54) is 6.92 Å². The molecule has 10 heavy (non-hydrogen) atoms. The van der Waals surface area contributed by atoms with Gasteiger partial charge in [0, 0.05) is 12.3 Å². The normalized spacial score (nSPS) is 11.3. The van der Waals surface area contributed by atoms with Crippen LogP contribution in [0.25, 0.3) is 0 Å². The highest BCUT2D eigenvalue weighted by molar-refractivity contribution is 9.09. The molecule has 0 saturated heterocycles. The predicted octanol–water partition coefficient (Wildman–Crippen LogP) is 2.24. The maximum atomic E-state index is 10.3. The first-order valence-corrected chi connectivity index (χ1v) is 4.20. The van der Waals surface area contributed by atoms with Crippen molar-refractivity contribution in [2.75, 3.05) is 5.33 Å². The Bertz CT molecular complexity index is 141. The lowest BCUT2D eigenvalue weighted by Gasteiger charge is -1.98. The zero-order chi connectivity index (χ0) is 7.98. The zero-order valence-corrected chi connectivity index (χ0v) is 7.77. The van der Waals surface area contributed by atoms with Crippen molar-refractivity contribution in [3.05, 3.63) is 11.8 Å². The first-order chi connectivity index (χ1) is 4.66. The second kappa shape index (κ2) is 5.47. The van der Waals surface area contributed by atoms with Crippen molar-refractivity contribution in [2.24, 2.45) is 0 Å². The third-order valence-electron chi connectivity index (χ3n) is 0.846. The van der Waals surface area contributed by atoms with E-state index >= 15 is 0 Å². The van der Waals surface area contributed by atoms with Crippen LogP contribution in [0.5, 0.6) is 0 Å². The molecular formula is C7H11BrO2. The third kappa shape index (κ3) is 5.82. The van der Waals surface area contributed by atoms with Gasteiger partial charge in [0.1, 0.15) is 5.76 Å². The summed E-state index contributed by atoms with van der Waals surface area (Å²) in [5.74, 6) is 0.412. The van der Waals surface area contributed by atoms with Crippen LogP contribution in [0.4, 0.5) is 0 Å². The van der Waals surface area contributed by atoms with Crippen molar-refractivity contribution in [3.8, 4) is 0 Å². The second-order valence-corrected chi connectivity index (χ2v) is 2.68. The molecule has 0 heterocycles. The van der Waals surface area contributed by atoms with Crippen LogP contribution in [0.15, 0.2) is 11.8 Å². The summed E-state index contributed by atoms with van der Waals surface area (Å²) in [5, 5.41) is 0.894. The number of esters is 1. The Morgan fingerprint density at radius 1 is 1.60 bits per heavy atom. The molecule has 0 aliphatic rings. The molecule has 0 aromatic heterocycles.